The molecule has 2 aromatic carbocycles. The maximum Gasteiger partial charge on any atom is 0.410 e. The van der Waals surface area contributed by atoms with Crippen molar-refractivity contribution in [2.45, 2.75) is 45.1 Å². The van der Waals surface area contributed by atoms with E-state index < -0.39 is 17.6 Å². The number of furan rings is 1. The third-order valence-electron chi connectivity index (χ3n) is 5.57. The molecule has 0 unspecified atom stereocenters. The van der Waals surface area contributed by atoms with Crippen LogP contribution in [0.3, 0.4) is 0 Å². The van der Waals surface area contributed by atoms with Crippen molar-refractivity contribution < 1.29 is 28.3 Å². The number of benzene rings is 2. The molecule has 0 radical (unpaired) electrons. The molecule has 8 nitrogen and oxygen atoms in total. The summed E-state index contributed by atoms with van der Waals surface area (Å²) in [6, 6.07) is 9.53. The smallest absolute Gasteiger partial charge is 0.410 e. The zero-order chi connectivity index (χ0) is 23.8. The van der Waals surface area contributed by atoms with Gasteiger partial charge < -0.3 is 18.8 Å². The zero-order valence-electron chi connectivity index (χ0n) is 19.3. The van der Waals surface area contributed by atoms with Crippen LogP contribution >= 0.6 is 0 Å². The van der Waals surface area contributed by atoms with Crippen LogP contribution in [0.1, 0.15) is 45.1 Å². The number of nitrogens with zero attached hydrogens (tertiary/aromatic N) is 1. The lowest BCUT2D eigenvalue weighted by molar-refractivity contribution is -0.134. The zero-order valence-corrected chi connectivity index (χ0v) is 19.3. The van der Waals surface area contributed by atoms with E-state index in [1.165, 1.54) is 4.90 Å². The second-order valence-electron chi connectivity index (χ2n) is 9.27. The van der Waals surface area contributed by atoms with Gasteiger partial charge in [-0.2, -0.15) is 0 Å². The quantitative estimate of drug-likeness (QED) is 0.578. The van der Waals surface area contributed by atoms with Crippen LogP contribution in [0.25, 0.3) is 21.7 Å². The van der Waals surface area contributed by atoms with Crippen molar-refractivity contribution in [3.63, 3.8) is 0 Å². The average Bonchev–Trinajstić information content (AvgIpc) is 3.16. The van der Waals surface area contributed by atoms with E-state index in [2.05, 4.69) is 5.32 Å². The van der Waals surface area contributed by atoms with Gasteiger partial charge in [-0.3, -0.25) is 14.9 Å². The summed E-state index contributed by atoms with van der Waals surface area (Å²) in [5.41, 5.74) is 0.929. The third-order valence-corrected chi connectivity index (χ3v) is 5.57. The van der Waals surface area contributed by atoms with Crippen LogP contribution in [0.2, 0.25) is 0 Å². The number of carbonyl (C=O) groups is 3. The molecule has 0 aliphatic carbocycles. The highest BCUT2D eigenvalue weighted by molar-refractivity contribution is 6.10. The van der Waals surface area contributed by atoms with Crippen LogP contribution in [0, 0.1) is 0 Å². The first-order valence-corrected chi connectivity index (χ1v) is 11.0. The molecule has 1 fully saturated rings. The number of imide groups is 1. The van der Waals surface area contributed by atoms with Crippen LogP contribution in [0.15, 0.2) is 41.0 Å². The number of nitrogens with one attached hydrogen (secondary N) is 1. The molecule has 1 aromatic heterocycles. The lowest BCUT2D eigenvalue weighted by Gasteiger charge is -2.24. The van der Waals surface area contributed by atoms with E-state index in [4.69, 9.17) is 13.9 Å². The molecular weight excluding hydrogens is 424 g/mol. The molecule has 0 spiro atoms. The van der Waals surface area contributed by atoms with Gasteiger partial charge in [-0.15, -0.1) is 0 Å². The third kappa shape index (κ3) is 4.94. The molecule has 0 bridgehead atoms. The lowest BCUT2D eigenvalue weighted by Crippen LogP contribution is -2.39. The predicted molar refractivity (Wildman–Crippen MR) is 123 cm³/mol. The van der Waals surface area contributed by atoms with E-state index in [0.717, 1.165) is 21.7 Å². The predicted octanol–water partition coefficient (Wildman–Crippen LogP) is 4.35. The van der Waals surface area contributed by atoms with E-state index in [1.807, 2.05) is 51.1 Å². The Bertz CT molecular complexity index is 1220. The Morgan fingerprint density at radius 3 is 2.73 bits per heavy atom. The minimum atomic E-state index is -0.546. The van der Waals surface area contributed by atoms with Crippen LogP contribution in [0.4, 0.5) is 4.79 Å². The van der Waals surface area contributed by atoms with E-state index in [0.29, 0.717) is 37.3 Å². The molecule has 174 valence electrons. The highest BCUT2D eigenvalue weighted by atomic mass is 16.6. The van der Waals surface area contributed by atoms with E-state index >= 15 is 0 Å². The molecule has 1 atom stereocenters. The maximum atomic E-state index is 12.4. The van der Waals surface area contributed by atoms with Crippen molar-refractivity contribution in [2.75, 3.05) is 20.2 Å². The van der Waals surface area contributed by atoms with Crippen LogP contribution in [-0.4, -0.2) is 48.6 Å². The van der Waals surface area contributed by atoms with Crippen LogP contribution < -0.4 is 10.1 Å². The Morgan fingerprint density at radius 2 is 2.00 bits per heavy atom. The first kappa shape index (κ1) is 22.6. The number of amides is 3. The van der Waals surface area contributed by atoms with Gasteiger partial charge in [0.2, 0.25) is 11.8 Å². The Balaban J connectivity index is 1.50. The first-order valence-electron chi connectivity index (χ1n) is 11.0. The Hall–Kier alpha value is -3.55. The van der Waals surface area contributed by atoms with Gasteiger partial charge >= 0.3 is 6.09 Å². The average molecular weight is 453 g/mol. The molecule has 0 saturated carbocycles. The van der Waals surface area contributed by atoms with E-state index in [-0.39, 0.29) is 11.8 Å². The fourth-order valence-electron chi connectivity index (χ4n) is 3.94. The van der Waals surface area contributed by atoms with E-state index in [1.54, 1.807) is 13.3 Å². The minimum Gasteiger partial charge on any atom is -0.492 e. The SMILES string of the molecule is CN(CCOc1ccc2c(ccc3occ([C@@H]4CCC(=O)NC4=O)c32)c1)C(=O)OC(C)(C)C. The fourth-order valence-corrected chi connectivity index (χ4v) is 3.94. The van der Waals surface area contributed by atoms with Crippen molar-refractivity contribution in [2.24, 2.45) is 0 Å². The van der Waals surface area contributed by atoms with Gasteiger partial charge in [-0.25, -0.2) is 4.79 Å². The number of likely N-dealkylation sites (N-methyl/N-ethyl adjacent to an activating group) is 1. The first-order chi connectivity index (χ1) is 15.6. The van der Waals surface area contributed by atoms with Crippen LogP contribution in [-0.2, 0) is 14.3 Å². The molecule has 1 aliphatic rings. The standard InChI is InChI=1S/C25H28N2O6/c1-25(2,3)33-24(30)27(4)11-12-31-16-6-7-17-15(13-16)5-9-20-22(17)19(14-32-20)18-8-10-21(28)26-23(18)29/h5-7,9,13-14,18H,8,10-12H2,1-4H3,(H,26,28,29)/t18-/m0/s1. The van der Waals surface area contributed by atoms with Crippen LogP contribution in [0.5, 0.6) is 5.75 Å². The summed E-state index contributed by atoms with van der Waals surface area (Å²) < 4.78 is 16.9. The van der Waals surface area contributed by atoms with Crippen molar-refractivity contribution in [1.82, 2.24) is 10.2 Å². The minimum absolute atomic E-state index is 0.243. The highest BCUT2D eigenvalue weighted by Gasteiger charge is 2.31. The monoisotopic (exact) mass is 452 g/mol. The van der Waals surface area contributed by atoms with Gasteiger partial charge in [-0.05, 0) is 62.2 Å². The Labute approximate surface area is 191 Å². The summed E-state index contributed by atoms with van der Waals surface area (Å²) in [5.74, 6) is -0.285. The molecule has 33 heavy (non-hydrogen) atoms. The normalized spacial score (nSPS) is 16.7. The van der Waals surface area contributed by atoms with Crippen molar-refractivity contribution in [1.29, 1.82) is 0 Å². The number of hydrogen-bond donors (Lipinski definition) is 1. The lowest BCUT2D eigenvalue weighted by atomic mass is 9.89. The Kier molecular flexibility index (Phi) is 6.01. The topological polar surface area (TPSA) is 98.1 Å². The molecule has 3 amide bonds. The van der Waals surface area contributed by atoms with Crippen molar-refractivity contribution >= 4 is 39.6 Å². The molecular formula is C25H28N2O6. The molecule has 4 rings (SSSR count). The highest BCUT2D eigenvalue weighted by Crippen LogP contribution is 2.37. The van der Waals surface area contributed by atoms with Crippen molar-refractivity contribution in [3.8, 4) is 5.75 Å². The molecule has 3 aromatic rings. The molecule has 2 heterocycles. The summed E-state index contributed by atoms with van der Waals surface area (Å²) in [4.78, 5) is 37.5. The van der Waals surface area contributed by atoms with Gasteiger partial charge in [0.15, 0.2) is 0 Å². The summed E-state index contributed by atoms with van der Waals surface area (Å²) in [5, 5.41) is 5.17. The summed E-state index contributed by atoms with van der Waals surface area (Å²) in [7, 11) is 1.67. The molecule has 1 N–H and O–H groups in total. The second-order valence-corrected chi connectivity index (χ2v) is 9.27. The van der Waals surface area contributed by atoms with Gasteiger partial charge in [0.1, 0.15) is 23.5 Å². The maximum absolute atomic E-state index is 12.4. The molecule has 1 aliphatic heterocycles. The number of piperidine rings is 1. The number of rotatable bonds is 5. The number of ether oxygens (including phenoxy) is 2. The van der Waals surface area contributed by atoms with Gasteiger partial charge in [0.25, 0.3) is 0 Å². The summed E-state index contributed by atoms with van der Waals surface area (Å²) >= 11 is 0. The number of hydrogen-bond acceptors (Lipinski definition) is 6. The molecule has 8 heteroatoms. The summed E-state index contributed by atoms with van der Waals surface area (Å²) in [6.07, 6.45) is 1.99. The number of fused-ring (bicyclic) bond motifs is 3. The van der Waals surface area contributed by atoms with E-state index in [9.17, 15) is 14.4 Å². The second kappa shape index (κ2) is 8.77. The Morgan fingerprint density at radius 1 is 1.21 bits per heavy atom. The van der Waals surface area contributed by atoms with Gasteiger partial charge in [0.05, 0.1) is 18.7 Å². The van der Waals surface area contributed by atoms with Crippen molar-refractivity contribution in [3.05, 3.63) is 42.2 Å². The molecule has 1 saturated heterocycles. The number of carbonyl (C=O) groups excluding carboxylic acids is 3. The van der Waals surface area contributed by atoms with Gasteiger partial charge in [-0.1, -0.05) is 6.07 Å². The fraction of sp³-hybridized carbons (Fsp3) is 0.400. The van der Waals surface area contributed by atoms with Gasteiger partial charge in [0, 0.05) is 24.4 Å². The summed E-state index contributed by atoms with van der Waals surface area (Å²) in [6.45, 7) is 6.18. The largest absolute Gasteiger partial charge is 0.492 e.